The molecule has 0 bridgehead atoms. The lowest BCUT2D eigenvalue weighted by molar-refractivity contribution is -0.131. The Hall–Kier alpha value is -0.570. The van der Waals surface area contributed by atoms with Crippen LogP contribution in [0, 0.1) is 21.7 Å². The molecule has 0 atom stereocenters. The van der Waals surface area contributed by atoms with Gasteiger partial charge in [-0.1, -0.05) is 101 Å². The van der Waals surface area contributed by atoms with Crippen molar-refractivity contribution in [1.82, 2.24) is 4.90 Å². The number of rotatable bonds is 17. The fraction of sp³-hybridized carbons (Fsp3) is 0.967. The molecule has 0 saturated carbocycles. The topological polar surface area (TPSA) is 40.5 Å². The number of nitrogens with zero attached hydrogens (tertiary/aromatic N) is 1. The summed E-state index contributed by atoms with van der Waals surface area (Å²) in [7, 11) is 0. The monoisotopic (exact) mass is 467 g/mol. The van der Waals surface area contributed by atoms with Crippen LogP contribution in [0.2, 0.25) is 0 Å². The van der Waals surface area contributed by atoms with Gasteiger partial charge in [0.1, 0.15) is 0 Å². The van der Waals surface area contributed by atoms with Crippen LogP contribution in [0.5, 0.6) is 0 Å². The Morgan fingerprint density at radius 2 is 0.970 bits per heavy atom. The van der Waals surface area contributed by atoms with Crippen LogP contribution in [0.15, 0.2) is 0 Å². The van der Waals surface area contributed by atoms with Crippen molar-refractivity contribution in [2.75, 3.05) is 19.7 Å². The fourth-order valence-corrected chi connectivity index (χ4v) is 3.94. The van der Waals surface area contributed by atoms with Crippen LogP contribution >= 0.6 is 0 Å². The molecule has 0 fully saturated rings. The second-order valence-corrected chi connectivity index (χ2v) is 13.8. The minimum Gasteiger partial charge on any atom is -0.396 e. The van der Waals surface area contributed by atoms with Gasteiger partial charge in [-0.3, -0.25) is 4.79 Å². The van der Waals surface area contributed by atoms with E-state index in [0.29, 0.717) is 29.8 Å². The predicted molar refractivity (Wildman–Crippen MR) is 146 cm³/mol. The highest BCUT2D eigenvalue weighted by atomic mass is 16.2. The molecule has 0 rings (SSSR count). The summed E-state index contributed by atoms with van der Waals surface area (Å²) < 4.78 is 0. The molecule has 0 aromatic heterocycles. The van der Waals surface area contributed by atoms with Gasteiger partial charge in [0.05, 0.1) is 0 Å². The van der Waals surface area contributed by atoms with Crippen molar-refractivity contribution >= 4 is 5.91 Å². The van der Waals surface area contributed by atoms with Crippen molar-refractivity contribution in [1.29, 1.82) is 0 Å². The lowest BCUT2D eigenvalue weighted by Crippen LogP contribution is -2.34. The van der Waals surface area contributed by atoms with E-state index in [0.717, 1.165) is 51.6 Å². The number of carbonyl (C=O) groups excluding carboxylic acids is 1. The van der Waals surface area contributed by atoms with E-state index in [1.807, 2.05) is 0 Å². The molecule has 0 aliphatic carbocycles. The van der Waals surface area contributed by atoms with Crippen LogP contribution in [0.3, 0.4) is 0 Å². The highest BCUT2D eigenvalue weighted by Crippen LogP contribution is 2.42. The van der Waals surface area contributed by atoms with E-state index in [4.69, 9.17) is 5.11 Å². The first-order valence-corrected chi connectivity index (χ1v) is 13.9. The quantitative estimate of drug-likeness (QED) is 0.217. The van der Waals surface area contributed by atoms with Crippen molar-refractivity contribution < 1.29 is 9.90 Å². The Morgan fingerprint density at radius 3 is 1.42 bits per heavy atom. The molecule has 33 heavy (non-hydrogen) atoms. The van der Waals surface area contributed by atoms with Crippen molar-refractivity contribution in [3.63, 3.8) is 0 Å². The van der Waals surface area contributed by atoms with Gasteiger partial charge < -0.3 is 10.0 Å². The molecule has 0 aromatic carbocycles. The van der Waals surface area contributed by atoms with Crippen LogP contribution in [-0.4, -0.2) is 35.6 Å². The highest BCUT2D eigenvalue weighted by Gasteiger charge is 2.33. The maximum absolute atomic E-state index is 13.1. The zero-order valence-corrected chi connectivity index (χ0v) is 24.4. The predicted octanol–water partition coefficient (Wildman–Crippen LogP) is 8.63. The Kier molecular flexibility index (Phi) is 14.5. The van der Waals surface area contributed by atoms with Crippen LogP contribution in [-0.2, 0) is 4.79 Å². The second-order valence-electron chi connectivity index (χ2n) is 13.8. The summed E-state index contributed by atoms with van der Waals surface area (Å²) in [6, 6.07) is 0. The first kappa shape index (κ1) is 32.4. The van der Waals surface area contributed by atoms with Crippen LogP contribution in [0.25, 0.3) is 0 Å². The van der Waals surface area contributed by atoms with Gasteiger partial charge in [0.25, 0.3) is 0 Å². The molecule has 0 aromatic rings. The third-order valence-corrected chi connectivity index (χ3v) is 8.92. The molecular formula is C30H61NO2. The van der Waals surface area contributed by atoms with Crippen molar-refractivity contribution in [2.45, 2.75) is 146 Å². The van der Waals surface area contributed by atoms with Crippen LogP contribution in [0.4, 0.5) is 0 Å². The van der Waals surface area contributed by atoms with E-state index in [9.17, 15) is 4.79 Å². The minimum atomic E-state index is 0.241. The summed E-state index contributed by atoms with van der Waals surface area (Å²) in [6.45, 7) is 25.5. The zero-order valence-electron chi connectivity index (χ0n) is 24.4. The molecular weight excluding hydrogens is 406 g/mol. The van der Waals surface area contributed by atoms with E-state index in [-0.39, 0.29) is 10.8 Å². The van der Waals surface area contributed by atoms with Gasteiger partial charge in [0.2, 0.25) is 5.91 Å². The summed E-state index contributed by atoms with van der Waals surface area (Å²) in [5, 5.41) is 8.92. The zero-order chi connectivity index (χ0) is 25.8. The molecule has 3 heteroatoms. The van der Waals surface area contributed by atoms with Crippen molar-refractivity contribution in [2.24, 2.45) is 21.7 Å². The number of amides is 1. The van der Waals surface area contributed by atoms with Gasteiger partial charge in [-0.15, -0.1) is 0 Å². The standard InChI is InChI=1S/C30H61NO2/c1-27(2,3)29(7,8)21-15-17-24-31(23-16-13-11-12-14-18-25-32)26(33)20-19-22-30(9,10)28(4,5)6/h32H,11-25H2,1-10H3. The minimum absolute atomic E-state index is 0.241. The van der Waals surface area contributed by atoms with Crippen molar-refractivity contribution in [3.05, 3.63) is 0 Å². The summed E-state index contributed by atoms with van der Waals surface area (Å²) >= 11 is 0. The first-order valence-electron chi connectivity index (χ1n) is 13.9. The van der Waals surface area contributed by atoms with E-state index in [1.165, 1.54) is 32.1 Å². The van der Waals surface area contributed by atoms with Gasteiger partial charge >= 0.3 is 0 Å². The molecule has 0 heterocycles. The normalized spacial score (nSPS) is 13.4. The number of carbonyl (C=O) groups is 1. The van der Waals surface area contributed by atoms with Gasteiger partial charge in [-0.2, -0.15) is 0 Å². The average molecular weight is 468 g/mol. The summed E-state index contributed by atoms with van der Waals surface area (Å²) in [5.74, 6) is 0.357. The Bertz CT molecular complexity index is 522. The second kappa shape index (κ2) is 14.7. The van der Waals surface area contributed by atoms with E-state index in [1.54, 1.807) is 0 Å². The van der Waals surface area contributed by atoms with E-state index >= 15 is 0 Å². The fourth-order valence-electron chi connectivity index (χ4n) is 3.94. The number of hydrogen-bond acceptors (Lipinski definition) is 2. The maximum Gasteiger partial charge on any atom is 0.222 e. The van der Waals surface area contributed by atoms with Crippen molar-refractivity contribution in [3.8, 4) is 0 Å². The Labute approximate surface area is 208 Å². The van der Waals surface area contributed by atoms with E-state index < -0.39 is 0 Å². The van der Waals surface area contributed by atoms with Crippen LogP contribution in [0.1, 0.15) is 146 Å². The summed E-state index contributed by atoms with van der Waals surface area (Å²) in [5.41, 5.74) is 1.12. The van der Waals surface area contributed by atoms with Gasteiger partial charge in [0, 0.05) is 26.1 Å². The third kappa shape index (κ3) is 13.2. The number of hydrogen-bond donors (Lipinski definition) is 1. The molecule has 0 unspecified atom stereocenters. The lowest BCUT2D eigenvalue weighted by atomic mass is 9.67. The van der Waals surface area contributed by atoms with Gasteiger partial charge in [0.15, 0.2) is 0 Å². The molecule has 1 N–H and O–H groups in total. The maximum atomic E-state index is 13.1. The van der Waals surface area contributed by atoms with Crippen LogP contribution < -0.4 is 0 Å². The molecule has 1 amide bonds. The number of aliphatic hydroxyl groups is 1. The molecule has 0 spiro atoms. The first-order chi connectivity index (χ1) is 15.0. The highest BCUT2D eigenvalue weighted by molar-refractivity contribution is 5.76. The SMILES string of the molecule is CC(C)(C)C(C)(C)CCCCN(CCCCCCCCO)C(=O)CCCC(C)(C)C(C)(C)C. The lowest BCUT2D eigenvalue weighted by Gasteiger charge is -2.39. The molecule has 0 aliphatic rings. The smallest absolute Gasteiger partial charge is 0.222 e. The molecule has 0 radical (unpaired) electrons. The Morgan fingerprint density at radius 1 is 0.576 bits per heavy atom. The molecule has 198 valence electrons. The third-order valence-electron chi connectivity index (χ3n) is 8.92. The number of unbranched alkanes of at least 4 members (excludes halogenated alkanes) is 6. The van der Waals surface area contributed by atoms with Gasteiger partial charge in [-0.05, 0) is 60.2 Å². The van der Waals surface area contributed by atoms with E-state index in [2.05, 4.69) is 74.1 Å². The van der Waals surface area contributed by atoms with Gasteiger partial charge in [-0.25, -0.2) is 0 Å². The molecule has 0 saturated heterocycles. The molecule has 3 nitrogen and oxygen atoms in total. The summed E-state index contributed by atoms with van der Waals surface area (Å²) in [6.07, 6.45) is 13.0. The average Bonchev–Trinajstić information content (AvgIpc) is 2.66. The molecule has 0 aliphatic heterocycles. The Balaban J connectivity index is 4.68. The largest absolute Gasteiger partial charge is 0.396 e. The summed E-state index contributed by atoms with van der Waals surface area (Å²) in [4.78, 5) is 15.3. The number of aliphatic hydroxyl groups excluding tert-OH is 1.